The van der Waals surface area contributed by atoms with Crippen molar-refractivity contribution in [3.05, 3.63) is 0 Å². The molecule has 10 heavy (non-hydrogen) atoms. The molecule has 0 unspecified atom stereocenters. The third-order valence-corrected chi connectivity index (χ3v) is 1.23. The van der Waals surface area contributed by atoms with Gasteiger partial charge in [-0.1, -0.05) is 5.16 Å². The smallest absolute Gasteiger partial charge is 0.319 e. The van der Waals surface area contributed by atoms with Crippen molar-refractivity contribution in [1.29, 1.82) is 0 Å². The van der Waals surface area contributed by atoms with Crippen LogP contribution < -0.4 is 0 Å². The largest absolute Gasteiger partial charge is 0.331 e. The van der Waals surface area contributed by atoms with Crippen molar-refractivity contribution in [2.75, 3.05) is 11.8 Å². The molecule has 0 aliphatic heterocycles. The fourth-order valence-electron chi connectivity index (χ4n) is 0.213. The minimum atomic E-state index is -0.479. The quantitative estimate of drug-likeness (QED) is 0.287. The maximum absolute atomic E-state index is 10.2. The Kier molecular flexibility index (Phi) is 5.35. The Balaban J connectivity index is 3.74. The molecule has 0 bridgehead atoms. The van der Waals surface area contributed by atoms with Crippen molar-refractivity contribution in [2.24, 2.45) is 5.16 Å². The van der Waals surface area contributed by atoms with E-state index >= 15 is 0 Å². The van der Waals surface area contributed by atoms with E-state index in [1.54, 1.807) is 0 Å². The minimum absolute atomic E-state index is 0.177. The Morgan fingerprint density at radius 2 is 2.00 bits per heavy atom. The number of hydrogen-bond donors (Lipinski definition) is 0. The van der Waals surface area contributed by atoms with Crippen LogP contribution >= 0.6 is 23.2 Å². The fourth-order valence-corrected chi connectivity index (χ4v) is 0.597. The normalized spacial score (nSPS) is 8.70. The first-order valence-electron chi connectivity index (χ1n) is 2.56. The molecule has 0 rings (SSSR count). The molecule has 0 aliphatic rings. The summed E-state index contributed by atoms with van der Waals surface area (Å²) in [5.41, 5.74) is 0.443. The summed E-state index contributed by atoms with van der Waals surface area (Å²) in [6, 6.07) is 0. The van der Waals surface area contributed by atoms with Crippen LogP contribution in [0.4, 0.5) is 0 Å². The fraction of sp³-hybridized carbons (Fsp3) is 0.600. The summed E-state index contributed by atoms with van der Waals surface area (Å²) < 4.78 is 0. The van der Waals surface area contributed by atoms with Gasteiger partial charge in [0.05, 0.1) is 17.5 Å². The van der Waals surface area contributed by atoms with Gasteiger partial charge in [0.25, 0.3) is 0 Å². The van der Waals surface area contributed by atoms with E-state index in [1.165, 1.54) is 6.92 Å². The second-order valence-corrected chi connectivity index (χ2v) is 2.04. The minimum Gasteiger partial charge on any atom is -0.319 e. The number of oxime groups is 1. The van der Waals surface area contributed by atoms with Gasteiger partial charge < -0.3 is 4.84 Å². The summed E-state index contributed by atoms with van der Waals surface area (Å²) in [6.45, 7) is 1.25. The Labute approximate surface area is 68.9 Å². The number of nitrogens with zero attached hydrogens (tertiary/aromatic N) is 1. The highest BCUT2D eigenvalue weighted by molar-refractivity contribution is 6.36. The summed E-state index contributed by atoms with van der Waals surface area (Å²) in [6.07, 6.45) is 0. The van der Waals surface area contributed by atoms with Crippen molar-refractivity contribution in [2.45, 2.75) is 6.92 Å². The number of rotatable bonds is 3. The second kappa shape index (κ2) is 5.50. The zero-order valence-electron chi connectivity index (χ0n) is 5.43. The Morgan fingerprint density at radius 3 is 2.30 bits per heavy atom. The highest BCUT2D eigenvalue weighted by Gasteiger charge is 1.96. The number of carbonyl (C=O) groups is 1. The van der Waals surface area contributed by atoms with Crippen LogP contribution in [0, 0.1) is 0 Å². The van der Waals surface area contributed by atoms with E-state index in [9.17, 15) is 4.79 Å². The Bertz CT molecular complexity index is 141. The van der Waals surface area contributed by atoms with E-state index < -0.39 is 5.97 Å². The van der Waals surface area contributed by atoms with E-state index in [0.717, 1.165) is 0 Å². The summed E-state index contributed by atoms with van der Waals surface area (Å²) in [7, 11) is 0. The van der Waals surface area contributed by atoms with Gasteiger partial charge in [0.2, 0.25) is 0 Å². The molecule has 0 amide bonds. The molecule has 5 heteroatoms. The second-order valence-electron chi connectivity index (χ2n) is 1.51. The van der Waals surface area contributed by atoms with E-state index in [2.05, 4.69) is 9.99 Å². The number of hydrogen-bond acceptors (Lipinski definition) is 3. The molecule has 0 aliphatic carbocycles. The molecule has 0 heterocycles. The van der Waals surface area contributed by atoms with Crippen LogP contribution in [-0.4, -0.2) is 23.4 Å². The van der Waals surface area contributed by atoms with Gasteiger partial charge in [0.15, 0.2) is 0 Å². The predicted molar refractivity (Wildman–Crippen MR) is 40.6 cm³/mol. The molecule has 0 N–H and O–H groups in total. The third-order valence-electron chi connectivity index (χ3n) is 0.612. The topological polar surface area (TPSA) is 38.7 Å². The van der Waals surface area contributed by atoms with Gasteiger partial charge in [0.1, 0.15) is 0 Å². The highest BCUT2D eigenvalue weighted by Crippen LogP contribution is 1.89. The maximum Gasteiger partial charge on any atom is 0.331 e. The van der Waals surface area contributed by atoms with Gasteiger partial charge in [-0.05, 0) is 0 Å². The summed E-state index contributed by atoms with van der Waals surface area (Å²) in [5.74, 6) is -0.124. The summed E-state index contributed by atoms with van der Waals surface area (Å²) in [5, 5.41) is 3.36. The van der Waals surface area contributed by atoms with E-state index in [1.807, 2.05) is 0 Å². The van der Waals surface area contributed by atoms with Gasteiger partial charge in [0, 0.05) is 6.92 Å². The van der Waals surface area contributed by atoms with Gasteiger partial charge in [-0.25, -0.2) is 4.79 Å². The molecule has 0 radical (unpaired) electrons. The molecule has 0 aromatic heterocycles. The predicted octanol–water partition coefficient (Wildman–Crippen LogP) is 1.38. The SMILES string of the molecule is CC(=O)ON=C(CCl)CCl. The molecular weight excluding hydrogens is 177 g/mol. The number of carbonyl (C=O) groups excluding carboxylic acids is 1. The van der Waals surface area contributed by atoms with Crippen molar-refractivity contribution in [3.63, 3.8) is 0 Å². The highest BCUT2D eigenvalue weighted by atomic mass is 35.5. The van der Waals surface area contributed by atoms with E-state index in [4.69, 9.17) is 23.2 Å². The van der Waals surface area contributed by atoms with Crippen LogP contribution in [0.25, 0.3) is 0 Å². The molecule has 0 saturated heterocycles. The van der Waals surface area contributed by atoms with Gasteiger partial charge >= 0.3 is 5.97 Å². The van der Waals surface area contributed by atoms with Crippen LogP contribution in [0.15, 0.2) is 5.16 Å². The first-order chi connectivity index (χ1) is 4.70. The molecule has 0 saturated carbocycles. The van der Waals surface area contributed by atoms with Crippen LogP contribution in [0.5, 0.6) is 0 Å². The van der Waals surface area contributed by atoms with E-state index in [-0.39, 0.29) is 11.8 Å². The molecule has 0 spiro atoms. The average molecular weight is 184 g/mol. The lowest BCUT2D eigenvalue weighted by molar-refractivity contribution is -0.140. The molecule has 0 fully saturated rings. The molecule has 0 aromatic carbocycles. The van der Waals surface area contributed by atoms with Gasteiger partial charge in [-0.3, -0.25) is 0 Å². The molecule has 0 aromatic rings. The monoisotopic (exact) mass is 183 g/mol. The molecule has 3 nitrogen and oxygen atoms in total. The maximum atomic E-state index is 10.2. The zero-order chi connectivity index (χ0) is 7.98. The van der Waals surface area contributed by atoms with Gasteiger partial charge in [-0.15, -0.1) is 23.2 Å². The van der Waals surface area contributed by atoms with E-state index in [0.29, 0.717) is 5.71 Å². The summed E-state index contributed by atoms with van der Waals surface area (Å²) in [4.78, 5) is 14.4. The lowest BCUT2D eigenvalue weighted by Gasteiger charge is -1.93. The van der Waals surface area contributed by atoms with Crippen molar-refractivity contribution in [3.8, 4) is 0 Å². The molecule has 58 valence electrons. The average Bonchev–Trinajstić information content (AvgIpc) is 1.90. The first-order valence-corrected chi connectivity index (χ1v) is 3.63. The Hall–Kier alpha value is -0.280. The lowest BCUT2D eigenvalue weighted by Crippen LogP contribution is -2.04. The standard InChI is InChI=1S/C5H7Cl2NO2/c1-4(9)10-8-5(2-6)3-7/h2-3H2,1H3. The Morgan fingerprint density at radius 1 is 1.50 bits per heavy atom. The number of halogens is 2. The number of alkyl halides is 2. The zero-order valence-corrected chi connectivity index (χ0v) is 6.95. The molecular formula is C5H7Cl2NO2. The van der Waals surface area contributed by atoms with Crippen molar-refractivity contribution >= 4 is 34.9 Å². The van der Waals surface area contributed by atoms with Gasteiger partial charge in [-0.2, -0.15) is 0 Å². The lowest BCUT2D eigenvalue weighted by atomic mass is 10.5. The van der Waals surface area contributed by atoms with Crippen LogP contribution in [0.2, 0.25) is 0 Å². The van der Waals surface area contributed by atoms with Crippen LogP contribution in [0.1, 0.15) is 6.92 Å². The third kappa shape index (κ3) is 4.58. The first kappa shape index (κ1) is 9.72. The molecule has 0 atom stereocenters. The van der Waals surface area contributed by atoms with Crippen LogP contribution in [0.3, 0.4) is 0 Å². The van der Waals surface area contributed by atoms with Crippen molar-refractivity contribution < 1.29 is 9.63 Å². The summed E-state index contributed by atoms with van der Waals surface area (Å²) >= 11 is 10.7. The van der Waals surface area contributed by atoms with Crippen LogP contribution in [-0.2, 0) is 9.63 Å². The van der Waals surface area contributed by atoms with Crippen molar-refractivity contribution in [1.82, 2.24) is 0 Å².